The van der Waals surface area contributed by atoms with Gasteiger partial charge in [-0.2, -0.15) is 0 Å². The molecule has 0 aliphatic heterocycles. The van der Waals surface area contributed by atoms with Crippen LogP contribution in [0.15, 0.2) is 76.9 Å². The highest BCUT2D eigenvalue weighted by Crippen LogP contribution is 2.52. The molecule has 0 radical (unpaired) electrons. The fraction of sp³-hybridized carbons (Fsp3) is 0.292. The van der Waals surface area contributed by atoms with Crippen LogP contribution >= 0.6 is 0 Å². The van der Waals surface area contributed by atoms with Gasteiger partial charge in [0.15, 0.2) is 0 Å². The maximum Gasteiger partial charge on any atom is 0.335 e. The van der Waals surface area contributed by atoms with Crippen molar-refractivity contribution < 1.29 is 9.90 Å². The van der Waals surface area contributed by atoms with Crippen molar-refractivity contribution in [2.24, 2.45) is 11.3 Å². The Balaban J connectivity index is 2.12. The van der Waals surface area contributed by atoms with Crippen LogP contribution in [0.3, 0.4) is 0 Å². The molecule has 26 heavy (non-hydrogen) atoms. The van der Waals surface area contributed by atoms with Crippen LogP contribution in [0.5, 0.6) is 0 Å². The van der Waals surface area contributed by atoms with Gasteiger partial charge in [0, 0.05) is 5.41 Å². The largest absolute Gasteiger partial charge is 0.478 e. The third-order valence-corrected chi connectivity index (χ3v) is 5.94. The molecule has 1 atom stereocenters. The lowest BCUT2D eigenvalue weighted by Gasteiger charge is -2.41. The predicted octanol–water partition coefficient (Wildman–Crippen LogP) is 6.20. The molecule has 0 bridgehead atoms. The average molecular weight is 346 g/mol. The monoisotopic (exact) mass is 346 g/mol. The van der Waals surface area contributed by atoms with E-state index in [-0.39, 0.29) is 5.41 Å². The Hall–Kier alpha value is -2.61. The second-order valence-corrected chi connectivity index (χ2v) is 7.78. The lowest BCUT2D eigenvalue weighted by Crippen LogP contribution is -2.27. The number of hydrogen-bond donors (Lipinski definition) is 1. The van der Waals surface area contributed by atoms with Gasteiger partial charge < -0.3 is 5.11 Å². The summed E-state index contributed by atoms with van der Waals surface area (Å²) in [6.07, 6.45) is 6.58. The van der Waals surface area contributed by atoms with Gasteiger partial charge in [-0.25, -0.2) is 4.79 Å². The molecule has 0 aromatic heterocycles. The van der Waals surface area contributed by atoms with Crippen LogP contribution in [0, 0.1) is 11.3 Å². The van der Waals surface area contributed by atoms with Crippen LogP contribution in [0.2, 0.25) is 0 Å². The number of benzene rings is 1. The molecular weight excluding hydrogens is 320 g/mol. The number of allylic oxidation sites excluding steroid dienone is 9. The van der Waals surface area contributed by atoms with E-state index in [4.69, 9.17) is 5.11 Å². The third-order valence-electron chi connectivity index (χ3n) is 5.94. The molecule has 3 rings (SSSR count). The van der Waals surface area contributed by atoms with E-state index in [0.717, 1.165) is 11.1 Å². The first-order valence-corrected chi connectivity index (χ1v) is 9.01. The van der Waals surface area contributed by atoms with Gasteiger partial charge in [0.25, 0.3) is 0 Å². The Morgan fingerprint density at radius 2 is 1.69 bits per heavy atom. The Bertz CT molecular complexity index is 915. The Morgan fingerprint density at radius 3 is 2.27 bits per heavy atom. The predicted molar refractivity (Wildman–Crippen MR) is 108 cm³/mol. The quantitative estimate of drug-likeness (QED) is 0.707. The molecule has 2 heteroatoms. The van der Waals surface area contributed by atoms with Crippen molar-refractivity contribution in [3.63, 3.8) is 0 Å². The van der Waals surface area contributed by atoms with Crippen LogP contribution in [-0.2, 0) is 0 Å². The Morgan fingerprint density at radius 1 is 1.12 bits per heavy atom. The van der Waals surface area contributed by atoms with E-state index in [0.29, 0.717) is 11.5 Å². The van der Waals surface area contributed by atoms with E-state index in [9.17, 15) is 4.79 Å². The summed E-state index contributed by atoms with van der Waals surface area (Å²) >= 11 is 0. The number of carboxylic acids is 1. The molecule has 0 fully saturated rings. The summed E-state index contributed by atoms with van der Waals surface area (Å²) in [6, 6.07) is 7.00. The van der Waals surface area contributed by atoms with Crippen molar-refractivity contribution in [2.45, 2.75) is 34.6 Å². The van der Waals surface area contributed by atoms with Gasteiger partial charge in [-0.05, 0) is 65.3 Å². The minimum absolute atomic E-state index is 0.126. The van der Waals surface area contributed by atoms with Crippen molar-refractivity contribution in [2.75, 3.05) is 0 Å². The van der Waals surface area contributed by atoms with Gasteiger partial charge in [0.1, 0.15) is 0 Å². The van der Waals surface area contributed by atoms with E-state index in [1.54, 1.807) is 12.1 Å². The maximum atomic E-state index is 11.1. The molecule has 1 aromatic rings. The summed E-state index contributed by atoms with van der Waals surface area (Å²) in [5.74, 6) is -0.499. The standard InChI is InChI=1S/C24H26O2/c1-14-8-7-9-20-16(3)22(24(5,6)17(4)21(14)20)15(2)18-10-12-19(13-11-18)23(25)26/h7-14H,2H2,1,3-6H3,(H,25,26). The summed E-state index contributed by atoms with van der Waals surface area (Å²) in [6.45, 7) is 15.6. The molecule has 2 aliphatic carbocycles. The zero-order valence-corrected chi connectivity index (χ0v) is 16.2. The Kier molecular flexibility index (Phi) is 4.39. The third kappa shape index (κ3) is 2.70. The highest BCUT2D eigenvalue weighted by molar-refractivity contribution is 5.89. The van der Waals surface area contributed by atoms with Crippen molar-refractivity contribution >= 4 is 11.5 Å². The zero-order valence-electron chi connectivity index (χ0n) is 16.2. The highest BCUT2D eigenvalue weighted by Gasteiger charge is 2.38. The first kappa shape index (κ1) is 18.2. The van der Waals surface area contributed by atoms with Gasteiger partial charge in [-0.1, -0.05) is 63.3 Å². The van der Waals surface area contributed by atoms with Crippen molar-refractivity contribution in [3.05, 3.63) is 88.1 Å². The topological polar surface area (TPSA) is 37.3 Å². The fourth-order valence-electron chi connectivity index (χ4n) is 4.31. The summed E-state index contributed by atoms with van der Waals surface area (Å²) in [7, 11) is 0. The molecule has 2 aliphatic rings. The minimum atomic E-state index is -0.910. The van der Waals surface area contributed by atoms with Gasteiger partial charge in [-0.15, -0.1) is 0 Å². The minimum Gasteiger partial charge on any atom is -0.478 e. The molecule has 2 nitrogen and oxygen atoms in total. The molecular formula is C24H26O2. The number of carboxylic acid groups (broad SMARTS) is 1. The molecule has 1 unspecified atom stereocenters. The number of rotatable bonds is 3. The van der Waals surface area contributed by atoms with Gasteiger partial charge >= 0.3 is 5.97 Å². The maximum absolute atomic E-state index is 11.1. The van der Waals surface area contributed by atoms with Crippen molar-refractivity contribution in [1.82, 2.24) is 0 Å². The average Bonchev–Trinajstić information content (AvgIpc) is 2.59. The van der Waals surface area contributed by atoms with Gasteiger partial charge in [0.05, 0.1) is 5.56 Å². The lowest BCUT2D eigenvalue weighted by molar-refractivity contribution is 0.0697. The first-order chi connectivity index (χ1) is 12.2. The van der Waals surface area contributed by atoms with E-state index in [1.807, 2.05) is 12.1 Å². The van der Waals surface area contributed by atoms with Crippen LogP contribution in [0.1, 0.15) is 50.5 Å². The van der Waals surface area contributed by atoms with Crippen molar-refractivity contribution in [1.29, 1.82) is 0 Å². The fourth-order valence-corrected chi connectivity index (χ4v) is 4.31. The van der Waals surface area contributed by atoms with Gasteiger partial charge in [-0.3, -0.25) is 0 Å². The van der Waals surface area contributed by atoms with Crippen molar-refractivity contribution in [3.8, 4) is 0 Å². The normalized spacial score (nSPS) is 21.4. The van der Waals surface area contributed by atoms with Crippen LogP contribution < -0.4 is 0 Å². The van der Waals surface area contributed by atoms with E-state index in [2.05, 4.69) is 59.4 Å². The smallest absolute Gasteiger partial charge is 0.335 e. The molecule has 0 spiro atoms. The number of carbonyl (C=O) groups is 1. The van der Waals surface area contributed by atoms with E-state index >= 15 is 0 Å². The second-order valence-electron chi connectivity index (χ2n) is 7.78. The lowest BCUT2D eigenvalue weighted by atomic mass is 9.62. The van der Waals surface area contributed by atoms with Crippen LogP contribution in [0.25, 0.3) is 5.57 Å². The summed E-state index contributed by atoms with van der Waals surface area (Å²) < 4.78 is 0. The second kappa shape index (κ2) is 6.28. The Labute approximate surface area is 155 Å². The molecule has 0 heterocycles. The molecule has 1 aromatic carbocycles. The number of aromatic carboxylic acids is 1. The molecule has 134 valence electrons. The summed E-state index contributed by atoms with van der Waals surface area (Å²) in [5, 5.41) is 9.13. The SMILES string of the molecule is C=C(C1=C(C)C2=CC=CC(C)C2=C(C)C1(C)C)c1ccc(C(=O)O)cc1. The van der Waals surface area contributed by atoms with Gasteiger partial charge in [0.2, 0.25) is 0 Å². The summed E-state index contributed by atoms with van der Waals surface area (Å²) in [4.78, 5) is 11.1. The first-order valence-electron chi connectivity index (χ1n) is 9.01. The van der Waals surface area contributed by atoms with E-state index < -0.39 is 5.97 Å². The van der Waals surface area contributed by atoms with E-state index in [1.165, 1.54) is 27.9 Å². The molecule has 1 N–H and O–H groups in total. The number of fused-ring (bicyclic) bond motifs is 1. The van der Waals surface area contributed by atoms with Crippen LogP contribution in [0.4, 0.5) is 0 Å². The zero-order chi connectivity index (χ0) is 19.2. The molecule has 0 saturated heterocycles. The molecule has 0 saturated carbocycles. The highest BCUT2D eigenvalue weighted by atomic mass is 16.4. The molecule has 0 amide bonds. The summed E-state index contributed by atoms with van der Waals surface area (Å²) in [5.41, 5.74) is 8.70. The van der Waals surface area contributed by atoms with Crippen LogP contribution in [-0.4, -0.2) is 11.1 Å². The number of hydrogen-bond acceptors (Lipinski definition) is 1.